The van der Waals surface area contributed by atoms with Crippen molar-refractivity contribution in [3.8, 4) is 0 Å². The van der Waals surface area contributed by atoms with Gasteiger partial charge < -0.3 is 5.32 Å². The van der Waals surface area contributed by atoms with Crippen LogP contribution < -0.4 is 5.32 Å². The molecule has 0 saturated heterocycles. The van der Waals surface area contributed by atoms with Gasteiger partial charge in [-0.2, -0.15) is 11.8 Å². The number of hydrogen-bond acceptors (Lipinski definition) is 2. The zero-order valence-electron chi connectivity index (χ0n) is 10.9. The number of hydrogen-bond donors (Lipinski definition) is 1. The van der Waals surface area contributed by atoms with Crippen LogP contribution in [0.1, 0.15) is 18.9 Å². The third-order valence-electron chi connectivity index (χ3n) is 2.66. The zero-order chi connectivity index (χ0) is 13.4. The molecule has 0 saturated carbocycles. The van der Waals surface area contributed by atoms with E-state index >= 15 is 0 Å². The highest BCUT2D eigenvalue weighted by Gasteiger charge is 2.12. The van der Waals surface area contributed by atoms with E-state index in [0.29, 0.717) is 5.88 Å². The van der Waals surface area contributed by atoms with Gasteiger partial charge in [-0.05, 0) is 36.8 Å². The van der Waals surface area contributed by atoms with Gasteiger partial charge in [0.05, 0.1) is 0 Å². The number of benzene rings is 1. The minimum Gasteiger partial charge on any atom is -0.326 e. The Morgan fingerprint density at radius 3 is 2.94 bits per heavy atom. The van der Waals surface area contributed by atoms with Crippen molar-refractivity contribution in [1.82, 2.24) is 0 Å². The first-order valence-electron chi connectivity index (χ1n) is 6.12. The van der Waals surface area contributed by atoms with Crippen LogP contribution in [-0.2, 0) is 11.2 Å². The monoisotopic (exact) mass is 285 g/mol. The molecule has 1 unspecified atom stereocenters. The van der Waals surface area contributed by atoms with E-state index in [-0.39, 0.29) is 11.8 Å². The van der Waals surface area contributed by atoms with E-state index < -0.39 is 0 Å². The van der Waals surface area contributed by atoms with Crippen molar-refractivity contribution in [1.29, 1.82) is 0 Å². The van der Waals surface area contributed by atoms with E-state index in [0.717, 1.165) is 24.3 Å². The Hall–Kier alpha value is -0.670. The molecule has 0 fully saturated rings. The number of amides is 1. The highest BCUT2D eigenvalue weighted by Crippen LogP contribution is 2.14. The molecule has 0 radical (unpaired) electrons. The standard InChI is InChI=1S/C14H20ClNOS/c1-11(10-18-2)14(17)16-13-7-3-5-12(9-13)6-4-8-15/h3,5,7,9,11H,4,6,8,10H2,1-2H3,(H,16,17). The maximum atomic E-state index is 11.9. The van der Waals surface area contributed by atoms with Gasteiger partial charge in [-0.3, -0.25) is 4.79 Å². The summed E-state index contributed by atoms with van der Waals surface area (Å²) < 4.78 is 0. The molecule has 0 spiro atoms. The second-order valence-corrected chi connectivity index (χ2v) is 5.63. The number of carbonyl (C=O) groups is 1. The van der Waals surface area contributed by atoms with E-state index in [1.165, 1.54) is 5.56 Å². The summed E-state index contributed by atoms with van der Waals surface area (Å²) in [6.07, 6.45) is 3.92. The maximum Gasteiger partial charge on any atom is 0.228 e. The fourth-order valence-corrected chi connectivity index (χ4v) is 2.45. The van der Waals surface area contributed by atoms with Gasteiger partial charge in [-0.25, -0.2) is 0 Å². The molecular weight excluding hydrogens is 266 g/mol. The third kappa shape index (κ3) is 5.32. The van der Waals surface area contributed by atoms with Crippen molar-refractivity contribution in [3.05, 3.63) is 29.8 Å². The SMILES string of the molecule is CSCC(C)C(=O)Nc1cccc(CCCCl)c1. The summed E-state index contributed by atoms with van der Waals surface area (Å²) in [5, 5.41) is 2.96. The molecule has 1 amide bonds. The number of rotatable bonds is 7. The van der Waals surface area contributed by atoms with Gasteiger partial charge in [0.2, 0.25) is 5.91 Å². The van der Waals surface area contributed by atoms with Crippen LogP contribution in [0.15, 0.2) is 24.3 Å². The molecule has 18 heavy (non-hydrogen) atoms. The van der Waals surface area contributed by atoms with E-state index in [1.54, 1.807) is 11.8 Å². The first kappa shape index (κ1) is 15.4. The Kier molecular flexibility index (Phi) is 7.21. The number of halogens is 1. The molecule has 0 aliphatic heterocycles. The number of thioether (sulfide) groups is 1. The normalized spacial score (nSPS) is 12.2. The van der Waals surface area contributed by atoms with E-state index in [9.17, 15) is 4.79 Å². The maximum absolute atomic E-state index is 11.9. The fourth-order valence-electron chi connectivity index (χ4n) is 1.67. The second-order valence-electron chi connectivity index (χ2n) is 4.34. The third-order valence-corrected chi connectivity index (χ3v) is 3.76. The van der Waals surface area contributed by atoms with Crippen molar-refractivity contribution in [2.45, 2.75) is 19.8 Å². The average Bonchev–Trinajstić information content (AvgIpc) is 2.37. The molecule has 1 aromatic carbocycles. The lowest BCUT2D eigenvalue weighted by molar-refractivity contribution is -0.118. The molecule has 0 aromatic heterocycles. The summed E-state index contributed by atoms with van der Waals surface area (Å²) in [4.78, 5) is 11.9. The smallest absolute Gasteiger partial charge is 0.228 e. The molecule has 0 aliphatic carbocycles. The zero-order valence-corrected chi connectivity index (χ0v) is 12.5. The Labute approximate surface area is 118 Å². The van der Waals surface area contributed by atoms with E-state index in [2.05, 4.69) is 11.4 Å². The number of nitrogens with one attached hydrogen (secondary N) is 1. The van der Waals surface area contributed by atoms with Gasteiger partial charge >= 0.3 is 0 Å². The molecule has 0 heterocycles. The van der Waals surface area contributed by atoms with Crippen LogP contribution >= 0.6 is 23.4 Å². The minimum atomic E-state index is 0.0338. The summed E-state index contributed by atoms with van der Waals surface area (Å²) in [5.41, 5.74) is 2.09. The van der Waals surface area contributed by atoms with Crippen molar-refractivity contribution < 1.29 is 4.79 Å². The molecular formula is C14H20ClNOS. The van der Waals surface area contributed by atoms with E-state index in [1.807, 2.05) is 31.4 Å². The van der Waals surface area contributed by atoms with Crippen molar-refractivity contribution in [3.63, 3.8) is 0 Å². The first-order chi connectivity index (χ1) is 8.67. The summed E-state index contributed by atoms with van der Waals surface area (Å²) >= 11 is 7.37. The molecule has 4 heteroatoms. The molecule has 1 aromatic rings. The molecule has 0 aliphatic rings. The molecule has 1 N–H and O–H groups in total. The van der Waals surface area contributed by atoms with Crippen LogP contribution in [0.4, 0.5) is 5.69 Å². The Morgan fingerprint density at radius 2 is 2.28 bits per heavy atom. The lowest BCUT2D eigenvalue weighted by atomic mass is 10.1. The predicted octanol–water partition coefficient (Wildman–Crippen LogP) is 3.80. The quantitative estimate of drug-likeness (QED) is 0.772. The Morgan fingerprint density at radius 1 is 1.50 bits per heavy atom. The summed E-state index contributed by atoms with van der Waals surface area (Å²) in [6.45, 7) is 1.95. The Balaban J connectivity index is 2.58. The van der Waals surface area contributed by atoms with Crippen LogP contribution in [0, 0.1) is 5.92 Å². The second kappa shape index (κ2) is 8.44. The van der Waals surface area contributed by atoms with Gasteiger partial charge in [0.15, 0.2) is 0 Å². The number of alkyl halides is 1. The summed E-state index contributed by atoms with van der Waals surface area (Å²) in [6, 6.07) is 7.98. The summed E-state index contributed by atoms with van der Waals surface area (Å²) in [7, 11) is 0. The topological polar surface area (TPSA) is 29.1 Å². The fraction of sp³-hybridized carbons (Fsp3) is 0.500. The highest BCUT2D eigenvalue weighted by molar-refractivity contribution is 7.98. The van der Waals surface area contributed by atoms with Gasteiger partial charge in [-0.15, -0.1) is 11.6 Å². The highest BCUT2D eigenvalue weighted by atomic mass is 35.5. The van der Waals surface area contributed by atoms with Gasteiger partial charge in [0, 0.05) is 23.2 Å². The predicted molar refractivity (Wildman–Crippen MR) is 81.7 cm³/mol. The van der Waals surface area contributed by atoms with Crippen molar-refractivity contribution in [2.75, 3.05) is 23.2 Å². The number of anilines is 1. The molecule has 100 valence electrons. The van der Waals surface area contributed by atoms with Crippen molar-refractivity contribution >= 4 is 35.0 Å². The van der Waals surface area contributed by atoms with Gasteiger partial charge in [0.1, 0.15) is 0 Å². The molecule has 2 nitrogen and oxygen atoms in total. The van der Waals surface area contributed by atoms with Crippen LogP contribution in [0.2, 0.25) is 0 Å². The molecule has 1 atom stereocenters. The molecule has 1 rings (SSSR count). The minimum absolute atomic E-state index is 0.0338. The van der Waals surface area contributed by atoms with Crippen LogP contribution in [0.3, 0.4) is 0 Å². The number of aryl methyl sites for hydroxylation is 1. The van der Waals surface area contributed by atoms with Crippen molar-refractivity contribution in [2.24, 2.45) is 5.92 Å². The Bertz CT molecular complexity index is 384. The summed E-state index contributed by atoms with van der Waals surface area (Å²) in [5.74, 6) is 1.63. The van der Waals surface area contributed by atoms with Crippen LogP contribution in [-0.4, -0.2) is 23.8 Å². The molecule has 0 bridgehead atoms. The lowest BCUT2D eigenvalue weighted by Crippen LogP contribution is -2.22. The average molecular weight is 286 g/mol. The van der Waals surface area contributed by atoms with Gasteiger partial charge in [-0.1, -0.05) is 19.1 Å². The van der Waals surface area contributed by atoms with Crippen LogP contribution in [0.5, 0.6) is 0 Å². The largest absolute Gasteiger partial charge is 0.326 e. The van der Waals surface area contributed by atoms with Gasteiger partial charge in [0.25, 0.3) is 0 Å². The number of carbonyl (C=O) groups excluding carboxylic acids is 1. The van der Waals surface area contributed by atoms with E-state index in [4.69, 9.17) is 11.6 Å². The first-order valence-corrected chi connectivity index (χ1v) is 8.05. The van der Waals surface area contributed by atoms with Crippen LogP contribution in [0.25, 0.3) is 0 Å². The lowest BCUT2D eigenvalue weighted by Gasteiger charge is -2.11.